The van der Waals surface area contributed by atoms with Gasteiger partial charge in [0.05, 0.1) is 12.2 Å². The monoisotopic (exact) mass is 256 g/mol. The lowest BCUT2D eigenvalue weighted by molar-refractivity contribution is -0.138. The van der Waals surface area contributed by atoms with Gasteiger partial charge in [-0.25, -0.2) is 4.79 Å². The molecule has 96 valence electrons. The largest absolute Gasteiger partial charge is 0.456 e. The Morgan fingerprint density at radius 2 is 2.00 bits per heavy atom. The van der Waals surface area contributed by atoms with E-state index < -0.39 is 17.7 Å². The van der Waals surface area contributed by atoms with Crippen molar-refractivity contribution in [2.75, 3.05) is 6.61 Å². The number of halogens is 3. The number of carbonyl (C=O) groups excluding carboxylic acids is 1. The van der Waals surface area contributed by atoms with Gasteiger partial charge >= 0.3 is 12.1 Å². The molecule has 0 saturated heterocycles. The van der Waals surface area contributed by atoms with Crippen LogP contribution in [0.2, 0.25) is 0 Å². The zero-order valence-electron chi connectivity index (χ0n) is 9.89. The molecule has 5 heteroatoms. The van der Waals surface area contributed by atoms with Crippen LogP contribution >= 0.6 is 0 Å². The number of rotatable bonds is 1. The van der Waals surface area contributed by atoms with Gasteiger partial charge in [0.15, 0.2) is 0 Å². The van der Waals surface area contributed by atoms with Crippen LogP contribution in [0.4, 0.5) is 13.2 Å². The number of esters is 1. The van der Waals surface area contributed by atoms with Gasteiger partial charge in [0.1, 0.15) is 0 Å². The van der Waals surface area contributed by atoms with Crippen molar-refractivity contribution in [1.29, 1.82) is 0 Å². The summed E-state index contributed by atoms with van der Waals surface area (Å²) >= 11 is 0. The molecule has 0 heterocycles. The highest BCUT2D eigenvalue weighted by Crippen LogP contribution is 2.30. The predicted molar refractivity (Wildman–Crippen MR) is 59.7 cm³/mol. The van der Waals surface area contributed by atoms with Crippen LogP contribution in [0.25, 0.3) is 0 Å². The van der Waals surface area contributed by atoms with E-state index in [0.717, 1.165) is 12.1 Å². The van der Waals surface area contributed by atoms with E-state index >= 15 is 0 Å². The zero-order valence-corrected chi connectivity index (χ0v) is 9.89. The molecule has 0 aliphatic rings. The lowest BCUT2D eigenvalue weighted by atomic mass is 10.1. The highest BCUT2D eigenvalue weighted by atomic mass is 19.4. The average Bonchev–Trinajstić information content (AvgIpc) is 2.25. The number of ether oxygens (including phenoxy) is 1. The first-order valence-corrected chi connectivity index (χ1v) is 5.20. The molecule has 0 saturated carbocycles. The normalized spacial score (nSPS) is 10.5. The summed E-state index contributed by atoms with van der Waals surface area (Å²) in [4.78, 5) is 11.0. The summed E-state index contributed by atoms with van der Waals surface area (Å²) in [5.41, 5.74) is -0.218. The van der Waals surface area contributed by atoms with Gasteiger partial charge in [-0.2, -0.15) is 13.2 Å². The van der Waals surface area contributed by atoms with Crippen LogP contribution in [0.15, 0.2) is 18.2 Å². The SMILES string of the molecule is CCOC(=O)C#Cc1cc(C)cc(C(F)(F)F)c1. The molecule has 2 nitrogen and oxygen atoms in total. The van der Waals surface area contributed by atoms with Crippen molar-refractivity contribution < 1.29 is 22.7 Å². The average molecular weight is 256 g/mol. The van der Waals surface area contributed by atoms with Crippen LogP contribution in [0.3, 0.4) is 0 Å². The van der Waals surface area contributed by atoms with Crippen LogP contribution in [0, 0.1) is 18.8 Å². The fourth-order valence-electron chi connectivity index (χ4n) is 1.31. The fraction of sp³-hybridized carbons (Fsp3) is 0.308. The van der Waals surface area contributed by atoms with E-state index in [1.165, 1.54) is 13.0 Å². The van der Waals surface area contributed by atoms with Crippen LogP contribution in [-0.2, 0) is 15.7 Å². The fourth-order valence-corrected chi connectivity index (χ4v) is 1.31. The van der Waals surface area contributed by atoms with E-state index in [0.29, 0.717) is 5.56 Å². The molecule has 0 aromatic heterocycles. The third-order valence-electron chi connectivity index (χ3n) is 1.99. The Morgan fingerprint density at radius 3 is 2.56 bits per heavy atom. The molecule has 0 radical (unpaired) electrons. The van der Waals surface area contributed by atoms with Crippen molar-refractivity contribution in [3.8, 4) is 11.8 Å². The Kier molecular flexibility index (Phi) is 4.38. The van der Waals surface area contributed by atoms with Gasteiger partial charge in [-0.15, -0.1) is 0 Å². The number of alkyl halides is 3. The zero-order chi connectivity index (χ0) is 13.8. The summed E-state index contributed by atoms with van der Waals surface area (Å²) in [6.07, 6.45) is -4.42. The maximum atomic E-state index is 12.5. The Hall–Kier alpha value is -1.96. The van der Waals surface area contributed by atoms with Gasteiger partial charge < -0.3 is 4.74 Å². The molecule has 0 N–H and O–H groups in total. The van der Waals surface area contributed by atoms with Crippen LogP contribution in [-0.4, -0.2) is 12.6 Å². The highest BCUT2D eigenvalue weighted by molar-refractivity contribution is 5.89. The van der Waals surface area contributed by atoms with Crippen LogP contribution in [0.1, 0.15) is 23.6 Å². The molecule has 0 fully saturated rings. The minimum Gasteiger partial charge on any atom is -0.456 e. The summed E-state index contributed by atoms with van der Waals surface area (Å²) in [5.74, 6) is 3.73. The minimum atomic E-state index is -4.42. The summed E-state index contributed by atoms with van der Waals surface area (Å²) in [7, 11) is 0. The molecule has 18 heavy (non-hydrogen) atoms. The maximum absolute atomic E-state index is 12.5. The van der Waals surface area contributed by atoms with E-state index in [1.54, 1.807) is 6.92 Å². The molecule has 0 aliphatic carbocycles. The molecule has 1 aromatic carbocycles. The molecular formula is C13H11F3O2. The number of hydrogen-bond donors (Lipinski definition) is 0. The van der Waals surface area contributed by atoms with E-state index in [-0.39, 0.29) is 12.2 Å². The van der Waals surface area contributed by atoms with Gasteiger partial charge in [0, 0.05) is 11.5 Å². The standard InChI is InChI=1S/C13H11F3O2/c1-3-18-12(17)5-4-10-6-9(2)7-11(8-10)13(14,15)16/h6-8H,3H2,1-2H3. The molecule has 1 rings (SSSR count). The van der Waals surface area contributed by atoms with Gasteiger partial charge in [-0.3, -0.25) is 0 Å². The van der Waals surface area contributed by atoms with Crippen molar-refractivity contribution in [1.82, 2.24) is 0 Å². The quantitative estimate of drug-likeness (QED) is 0.570. The molecule has 1 aromatic rings. The minimum absolute atomic E-state index is 0.135. The number of carbonyl (C=O) groups is 1. The van der Waals surface area contributed by atoms with E-state index in [4.69, 9.17) is 0 Å². The van der Waals surface area contributed by atoms with Crippen molar-refractivity contribution in [3.63, 3.8) is 0 Å². The van der Waals surface area contributed by atoms with Crippen molar-refractivity contribution in [2.45, 2.75) is 20.0 Å². The summed E-state index contributed by atoms with van der Waals surface area (Å²) in [6, 6.07) is 3.40. The summed E-state index contributed by atoms with van der Waals surface area (Å²) in [5, 5.41) is 0. The molecule has 0 bridgehead atoms. The first-order chi connectivity index (χ1) is 8.32. The summed E-state index contributed by atoms with van der Waals surface area (Å²) < 4.78 is 42.1. The Bertz CT molecular complexity index is 507. The predicted octanol–water partition coefficient (Wildman–Crippen LogP) is 2.93. The number of hydrogen-bond acceptors (Lipinski definition) is 2. The van der Waals surface area contributed by atoms with Crippen LogP contribution < -0.4 is 0 Å². The molecule has 0 unspecified atom stereocenters. The third-order valence-corrected chi connectivity index (χ3v) is 1.99. The van der Waals surface area contributed by atoms with E-state index in [1.807, 2.05) is 0 Å². The second-order valence-corrected chi connectivity index (χ2v) is 3.56. The molecule has 0 amide bonds. The Morgan fingerprint density at radius 1 is 1.33 bits per heavy atom. The first kappa shape index (κ1) is 14.1. The molecule has 0 spiro atoms. The lowest BCUT2D eigenvalue weighted by Crippen LogP contribution is -2.05. The number of aryl methyl sites for hydroxylation is 1. The molecular weight excluding hydrogens is 245 g/mol. The number of benzene rings is 1. The topological polar surface area (TPSA) is 26.3 Å². The highest BCUT2D eigenvalue weighted by Gasteiger charge is 2.30. The first-order valence-electron chi connectivity index (χ1n) is 5.20. The summed E-state index contributed by atoms with van der Waals surface area (Å²) in [6.45, 7) is 3.33. The van der Waals surface area contributed by atoms with Gasteiger partial charge in [0.2, 0.25) is 0 Å². The van der Waals surface area contributed by atoms with Crippen molar-refractivity contribution in [3.05, 3.63) is 34.9 Å². The molecule has 0 atom stereocenters. The second kappa shape index (κ2) is 5.58. The van der Waals surface area contributed by atoms with Crippen molar-refractivity contribution in [2.24, 2.45) is 0 Å². The van der Waals surface area contributed by atoms with E-state index in [2.05, 4.69) is 16.6 Å². The Labute approximate surface area is 103 Å². The van der Waals surface area contributed by atoms with Gasteiger partial charge in [-0.05, 0) is 37.6 Å². The van der Waals surface area contributed by atoms with Gasteiger partial charge in [0.25, 0.3) is 0 Å². The smallest absolute Gasteiger partial charge is 0.416 e. The lowest BCUT2D eigenvalue weighted by Gasteiger charge is -2.07. The van der Waals surface area contributed by atoms with Gasteiger partial charge in [-0.1, -0.05) is 5.92 Å². The Balaban J connectivity index is 3.04. The second-order valence-electron chi connectivity index (χ2n) is 3.56. The van der Waals surface area contributed by atoms with Crippen LogP contribution in [0.5, 0.6) is 0 Å². The maximum Gasteiger partial charge on any atom is 0.416 e. The van der Waals surface area contributed by atoms with E-state index in [9.17, 15) is 18.0 Å². The molecule has 0 aliphatic heterocycles. The third kappa shape index (κ3) is 4.13. The van der Waals surface area contributed by atoms with Crippen molar-refractivity contribution >= 4 is 5.97 Å².